The molecule has 3 N–H and O–H groups in total. The van der Waals surface area contributed by atoms with E-state index in [9.17, 15) is 4.79 Å². The normalized spacial score (nSPS) is 10.8. The molecule has 0 saturated carbocycles. The van der Waals surface area contributed by atoms with Gasteiger partial charge in [-0.05, 0) is 23.8 Å². The average molecular weight is 271 g/mol. The third-order valence-corrected chi connectivity index (χ3v) is 3.30. The van der Waals surface area contributed by atoms with Crippen LogP contribution in [0.15, 0.2) is 48.5 Å². The number of benzene rings is 2. The Balaban J connectivity index is 2.40. The quantitative estimate of drug-likeness (QED) is 0.734. The predicted octanol–water partition coefficient (Wildman–Crippen LogP) is 3.59. The molecule has 1 aromatic heterocycles. The number of amides is 1. The van der Waals surface area contributed by atoms with E-state index < -0.39 is 5.91 Å². The standard InChI is InChI=1S/C15H11ClN2O/c16-10-6-7-12-11(8-10)13(14(18-12)15(17)19)9-4-2-1-3-5-9/h1-8,18H,(H2,17,19). The number of hydrogen-bond donors (Lipinski definition) is 2. The summed E-state index contributed by atoms with van der Waals surface area (Å²) in [5.74, 6) is -0.480. The lowest BCUT2D eigenvalue weighted by molar-refractivity contribution is 0.0997. The van der Waals surface area contributed by atoms with Crippen LogP contribution in [0.4, 0.5) is 0 Å². The van der Waals surface area contributed by atoms with Gasteiger partial charge < -0.3 is 10.7 Å². The molecule has 0 aliphatic carbocycles. The van der Waals surface area contributed by atoms with Crippen molar-refractivity contribution in [3.8, 4) is 11.1 Å². The van der Waals surface area contributed by atoms with Crippen molar-refractivity contribution in [2.24, 2.45) is 5.73 Å². The minimum Gasteiger partial charge on any atom is -0.364 e. The fourth-order valence-corrected chi connectivity index (χ4v) is 2.43. The second-order valence-corrected chi connectivity index (χ2v) is 4.73. The van der Waals surface area contributed by atoms with Crippen LogP contribution < -0.4 is 5.73 Å². The molecule has 0 fully saturated rings. The first-order valence-corrected chi connectivity index (χ1v) is 6.21. The first-order valence-electron chi connectivity index (χ1n) is 5.83. The average Bonchev–Trinajstić information content (AvgIpc) is 2.78. The summed E-state index contributed by atoms with van der Waals surface area (Å²) in [5.41, 5.74) is 8.43. The number of carbonyl (C=O) groups is 1. The summed E-state index contributed by atoms with van der Waals surface area (Å²) in [7, 11) is 0. The summed E-state index contributed by atoms with van der Waals surface area (Å²) in [4.78, 5) is 14.7. The molecule has 0 unspecified atom stereocenters. The molecule has 2 aromatic carbocycles. The fourth-order valence-electron chi connectivity index (χ4n) is 2.25. The number of nitrogens with two attached hydrogens (primary N) is 1. The summed E-state index contributed by atoms with van der Waals surface area (Å²) < 4.78 is 0. The van der Waals surface area contributed by atoms with Gasteiger partial charge in [-0.15, -0.1) is 0 Å². The number of aromatic nitrogens is 1. The molecule has 3 nitrogen and oxygen atoms in total. The van der Waals surface area contributed by atoms with Crippen molar-refractivity contribution >= 4 is 28.4 Å². The fraction of sp³-hybridized carbons (Fsp3) is 0. The van der Waals surface area contributed by atoms with Crippen molar-refractivity contribution in [1.29, 1.82) is 0 Å². The number of primary amides is 1. The number of H-pyrrole nitrogens is 1. The van der Waals surface area contributed by atoms with E-state index in [0.29, 0.717) is 10.7 Å². The lowest BCUT2D eigenvalue weighted by Crippen LogP contribution is -2.12. The summed E-state index contributed by atoms with van der Waals surface area (Å²) in [5, 5.41) is 1.52. The van der Waals surface area contributed by atoms with Gasteiger partial charge in [-0.1, -0.05) is 41.9 Å². The zero-order valence-corrected chi connectivity index (χ0v) is 10.7. The second-order valence-electron chi connectivity index (χ2n) is 4.30. The maximum Gasteiger partial charge on any atom is 0.265 e. The Morgan fingerprint density at radius 3 is 2.53 bits per heavy atom. The van der Waals surface area contributed by atoms with Crippen molar-refractivity contribution < 1.29 is 4.79 Å². The monoisotopic (exact) mass is 270 g/mol. The maximum absolute atomic E-state index is 11.6. The highest BCUT2D eigenvalue weighted by molar-refractivity contribution is 6.31. The van der Waals surface area contributed by atoms with E-state index >= 15 is 0 Å². The van der Waals surface area contributed by atoms with Gasteiger partial charge in [0.15, 0.2) is 0 Å². The molecule has 0 bridgehead atoms. The highest BCUT2D eigenvalue weighted by atomic mass is 35.5. The Labute approximate surface area is 115 Å². The highest BCUT2D eigenvalue weighted by Gasteiger charge is 2.17. The highest BCUT2D eigenvalue weighted by Crippen LogP contribution is 2.33. The van der Waals surface area contributed by atoms with Crippen LogP contribution in [0.3, 0.4) is 0 Å². The topological polar surface area (TPSA) is 58.9 Å². The zero-order chi connectivity index (χ0) is 13.4. The third-order valence-electron chi connectivity index (χ3n) is 3.07. The summed E-state index contributed by atoms with van der Waals surface area (Å²) in [6.45, 7) is 0. The predicted molar refractivity (Wildman–Crippen MR) is 77.3 cm³/mol. The summed E-state index contributed by atoms with van der Waals surface area (Å²) >= 11 is 6.04. The number of aromatic amines is 1. The molecule has 1 amide bonds. The Kier molecular flexibility index (Phi) is 2.76. The minimum atomic E-state index is -0.480. The van der Waals surface area contributed by atoms with Crippen LogP contribution in [0.5, 0.6) is 0 Å². The van der Waals surface area contributed by atoms with Gasteiger partial charge >= 0.3 is 0 Å². The molecule has 0 radical (unpaired) electrons. The van der Waals surface area contributed by atoms with Crippen molar-refractivity contribution in [2.45, 2.75) is 0 Å². The van der Waals surface area contributed by atoms with Crippen LogP contribution in [0.1, 0.15) is 10.5 Å². The lowest BCUT2D eigenvalue weighted by atomic mass is 10.0. The zero-order valence-electron chi connectivity index (χ0n) is 9.98. The van der Waals surface area contributed by atoms with Gasteiger partial charge in [0.2, 0.25) is 0 Å². The first-order chi connectivity index (χ1) is 9.16. The smallest absolute Gasteiger partial charge is 0.265 e. The van der Waals surface area contributed by atoms with Crippen LogP contribution in [-0.4, -0.2) is 10.9 Å². The molecule has 4 heteroatoms. The molecule has 0 aliphatic heterocycles. The van der Waals surface area contributed by atoms with Crippen molar-refractivity contribution in [2.75, 3.05) is 0 Å². The Bertz CT molecular complexity index is 762. The number of fused-ring (bicyclic) bond motifs is 1. The van der Waals surface area contributed by atoms with Gasteiger partial charge in [0.25, 0.3) is 5.91 Å². The van der Waals surface area contributed by atoms with Gasteiger partial charge in [0, 0.05) is 21.5 Å². The first kappa shape index (κ1) is 11.8. The second kappa shape index (κ2) is 4.44. The molecule has 19 heavy (non-hydrogen) atoms. The van der Waals surface area contributed by atoms with E-state index in [-0.39, 0.29) is 0 Å². The van der Waals surface area contributed by atoms with Crippen LogP contribution in [0, 0.1) is 0 Å². The van der Waals surface area contributed by atoms with E-state index in [1.807, 2.05) is 42.5 Å². The van der Waals surface area contributed by atoms with Crippen LogP contribution in [-0.2, 0) is 0 Å². The van der Waals surface area contributed by atoms with Gasteiger partial charge in [0.05, 0.1) is 0 Å². The summed E-state index contributed by atoms with van der Waals surface area (Å²) in [6.07, 6.45) is 0. The molecule has 3 rings (SSSR count). The largest absolute Gasteiger partial charge is 0.364 e. The van der Waals surface area contributed by atoms with E-state index in [4.69, 9.17) is 17.3 Å². The van der Waals surface area contributed by atoms with Gasteiger partial charge in [-0.2, -0.15) is 0 Å². The number of nitrogens with one attached hydrogen (secondary N) is 1. The third kappa shape index (κ3) is 1.98. The van der Waals surface area contributed by atoms with Crippen molar-refractivity contribution in [3.63, 3.8) is 0 Å². The molecule has 0 aliphatic rings. The van der Waals surface area contributed by atoms with Crippen molar-refractivity contribution in [1.82, 2.24) is 4.98 Å². The van der Waals surface area contributed by atoms with Crippen LogP contribution in [0.25, 0.3) is 22.0 Å². The van der Waals surface area contributed by atoms with Gasteiger partial charge in [0.1, 0.15) is 5.69 Å². The Hall–Kier alpha value is -2.26. The molecule has 0 atom stereocenters. The SMILES string of the molecule is NC(=O)c1[nH]c2ccc(Cl)cc2c1-c1ccccc1. The van der Waals surface area contributed by atoms with Crippen LogP contribution >= 0.6 is 11.6 Å². The molecule has 0 spiro atoms. The molecular formula is C15H11ClN2O. The summed E-state index contributed by atoms with van der Waals surface area (Å²) in [6, 6.07) is 15.1. The lowest BCUT2D eigenvalue weighted by Gasteiger charge is -2.02. The number of halogens is 1. The number of carbonyl (C=O) groups excluding carboxylic acids is 1. The molecule has 94 valence electrons. The van der Waals surface area contributed by atoms with E-state index in [2.05, 4.69) is 4.98 Å². The van der Waals surface area contributed by atoms with E-state index in [1.165, 1.54) is 0 Å². The number of hydrogen-bond acceptors (Lipinski definition) is 1. The van der Waals surface area contributed by atoms with Crippen LogP contribution in [0.2, 0.25) is 5.02 Å². The maximum atomic E-state index is 11.6. The minimum absolute atomic E-state index is 0.406. The van der Waals surface area contributed by atoms with Gasteiger partial charge in [-0.25, -0.2) is 0 Å². The molecule has 0 saturated heterocycles. The van der Waals surface area contributed by atoms with E-state index in [1.54, 1.807) is 6.07 Å². The Morgan fingerprint density at radius 1 is 1.11 bits per heavy atom. The molecule has 1 heterocycles. The molecule has 3 aromatic rings. The Morgan fingerprint density at radius 2 is 1.84 bits per heavy atom. The van der Waals surface area contributed by atoms with E-state index in [0.717, 1.165) is 22.0 Å². The van der Waals surface area contributed by atoms with Gasteiger partial charge in [-0.3, -0.25) is 4.79 Å². The molecular weight excluding hydrogens is 260 g/mol. The van der Waals surface area contributed by atoms with Crippen molar-refractivity contribution in [3.05, 3.63) is 59.2 Å². The number of rotatable bonds is 2.